The second-order valence-corrected chi connectivity index (χ2v) is 11.9. The van der Waals surface area contributed by atoms with E-state index < -0.39 is 8.24 Å². The van der Waals surface area contributed by atoms with Gasteiger partial charge in [-0.2, -0.15) is 0 Å². The Kier molecular flexibility index (Phi) is 10.8. The number of hydrogen-bond donors (Lipinski definition) is 0. The molecule has 117 valence electrons. The minimum absolute atomic E-state index is 0. The number of hydrogen-bond acceptors (Lipinski definition) is 0. The van der Waals surface area contributed by atoms with E-state index in [4.69, 9.17) is 4.98 Å². The number of rotatable bonds is 2. The van der Waals surface area contributed by atoms with Crippen LogP contribution in [0.1, 0.15) is 41.5 Å². The van der Waals surface area contributed by atoms with Gasteiger partial charge in [-0.1, -0.05) is 68.4 Å². The van der Waals surface area contributed by atoms with Crippen LogP contribution in [0.5, 0.6) is 0 Å². The van der Waals surface area contributed by atoms with Gasteiger partial charge in [-0.3, -0.25) is 0 Å². The van der Waals surface area contributed by atoms with Crippen LogP contribution in [0.25, 0.3) is 4.98 Å². The zero-order chi connectivity index (χ0) is 13.6. The van der Waals surface area contributed by atoms with Gasteiger partial charge in [-0.25, -0.2) is 0 Å². The largest absolute Gasteiger partial charge is 3.00 e. The van der Waals surface area contributed by atoms with Crippen molar-refractivity contribution in [3.05, 3.63) is 26.8 Å². The summed E-state index contributed by atoms with van der Waals surface area (Å²) < 4.78 is 0. The normalized spacial score (nSPS) is 33.7. The van der Waals surface area contributed by atoms with E-state index in [2.05, 4.69) is 61.6 Å². The average Bonchev–Trinajstić information content (AvgIpc) is 2.27. The Hall–Kier alpha value is 0.761. The molecule has 3 heteroatoms. The van der Waals surface area contributed by atoms with Crippen LogP contribution in [-0.4, -0.2) is 13.8 Å². The van der Waals surface area contributed by atoms with Crippen LogP contribution in [0.15, 0.2) is 0 Å². The van der Waals surface area contributed by atoms with Crippen molar-refractivity contribution in [2.75, 3.05) is 0 Å². The maximum atomic E-state index is 5.20. The van der Waals surface area contributed by atoms with E-state index in [0.717, 1.165) is 23.3 Å². The molecule has 1 aliphatic carbocycles. The predicted octanol–water partition coefficient (Wildman–Crippen LogP) is 6.00. The summed E-state index contributed by atoms with van der Waals surface area (Å²) in [5.41, 5.74) is 0.900. The minimum atomic E-state index is -1.53. The summed E-state index contributed by atoms with van der Waals surface area (Å²) in [7, 11) is -1.53. The van der Waals surface area contributed by atoms with E-state index in [-0.39, 0.29) is 42.1 Å². The van der Waals surface area contributed by atoms with Gasteiger partial charge < -0.3 is 19.8 Å². The first-order valence-electron chi connectivity index (χ1n) is 7.04. The molecule has 0 spiro atoms. The first-order valence-corrected chi connectivity index (χ1v) is 10.1. The maximum absolute atomic E-state index is 5.20. The molecule has 0 N–H and O–H groups in total. The van der Waals surface area contributed by atoms with E-state index in [1.165, 1.54) is 0 Å². The maximum Gasteiger partial charge on any atom is 3.00 e. The Bertz CT molecular complexity index is 259. The smallest absolute Gasteiger partial charge is 0.660 e. The second-order valence-electron chi connectivity index (χ2n) is 7.70. The van der Waals surface area contributed by atoms with E-state index in [1.807, 2.05) is 0 Å². The molecule has 5 unspecified atom stereocenters. The van der Waals surface area contributed by atoms with Crippen molar-refractivity contribution >= 4 is 8.24 Å². The molecule has 1 saturated carbocycles. The van der Waals surface area contributed by atoms with E-state index >= 15 is 0 Å². The first kappa shape index (κ1) is 25.7. The molecule has 0 bridgehead atoms. The van der Waals surface area contributed by atoms with Gasteiger partial charge >= 0.3 is 21.7 Å². The van der Waals surface area contributed by atoms with E-state index in [0.29, 0.717) is 5.92 Å². The Balaban J connectivity index is -0.000000963. The zero-order valence-electron chi connectivity index (χ0n) is 15.5. The molecular formula is C17H37NSiTi+. The fraction of sp³-hybridized carbons (Fsp3) is 0.824. The van der Waals surface area contributed by atoms with Crippen molar-refractivity contribution in [1.29, 1.82) is 0 Å². The topological polar surface area (TPSA) is 14.1 Å². The Morgan fingerprint density at radius 1 is 0.900 bits per heavy atom. The third-order valence-electron chi connectivity index (χ3n) is 4.75. The van der Waals surface area contributed by atoms with E-state index in [1.54, 1.807) is 0 Å². The second kappa shape index (κ2) is 8.41. The molecule has 1 rings (SSSR count). The summed E-state index contributed by atoms with van der Waals surface area (Å²) in [6, 6.07) is 0. The Morgan fingerprint density at radius 3 is 1.55 bits per heavy atom. The standard InChI is InChI=1S/C15H31NSi.2CH3.Ti/c1-10-11(2)13(4)14(12(10)3)17(8,9)16-15(5,6)7;;;/h10-14H,1H2,2-9H3;2*1H3;/q;2*-1;+3. The molecule has 0 heterocycles. The van der Waals surface area contributed by atoms with Crippen LogP contribution in [-0.2, 0) is 21.7 Å². The molecule has 1 fully saturated rings. The summed E-state index contributed by atoms with van der Waals surface area (Å²) in [5, 5.41) is 0. The molecule has 20 heavy (non-hydrogen) atoms. The van der Waals surface area contributed by atoms with Gasteiger partial charge in [0, 0.05) is 5.92 Å². The quantitative estimate of drug-likeness (QED) is 0.435. The summed E-state index contributed by atoms with van der Waals surface area (Å²) in [4.78, 5) is 5.20. The van der Waals surface area contributed by atoms with Crippen LogP contribution < -0.4 is 0 Å². The van der Waals surface area contributed by atoms with Crippen molar-refractivity contribution in [2.45, 2.75) is 65.7 Å². The Labute approximate surface area is 146 Å². The van der Waals surface area contributed by atoms with Gasteiger partial charge in [0.1, 0.15) is 5.92 Å². The molecule has 0 saturated heterocycles. The SMILES string of the molecule is [CH2+]C1C(C)C(C)C([Si](C)(C)[N-]C(C)(C)C)C1C.[CH3-].[CH3-].[Ti+3]. The molecule has 0 aliphatic heterocycles. The monoisotopic (exact) mass is 331 g/mol. The van der Waals surface area contributed by atoms with Crippen LogP contribution in [0.3, 0.4) is 0 Å². The summed E-state index contributed by atoms with van der Waals surface area (Å²) >= 11 is 0. The van der Waals surface area contributed by atoms with Crippen LogP contribution in [0, 0.1) is 45.4 Å². The average molecular weight is 331 g/mol. The third kappa shape index (κ3) is 5.51. The third-order valence-corrected chi connectivity index (χ3v) is 8.68. The fourth-order valence-corrected chi connectivity index (χ4v) is 9.17. The summed E-state index contributed by atoms with van der Waals surface area (Å²) in [5.74, 6) is 2.86. The van der Waals surface area contributed by atoms with Gasteiger partial charge in [-0.15, -0.1) is 5.54 Å². The van der Waals surface area contributed by atoms with Crippen LogP contribution >= 0.6 is 0 Å². The molecule has 1 nitrogen and oxygen atoms in total. The van der Waals surface area contributed by atoms with Gasteiger partial charge in [0.05, 0.1) is 6.92 Å². The molecule has 0 aromatic heterocycles. The van der Waals surface area contributed by atoms with Gasteiger partial charge in [0.15, 0.2) is 0 Å². The molecule has 0 aromatic rings. The van der Waals surface area contributed by atoms with Crippen molar-refractivity contribution in [3.8, 4) is 0 Å². The van der Waals surface area contributed by atoms with Crippen LogP contribution in [0.2, 0.25) is 18.6 Å². The summed E-state index contributed by atoms with van der Waals surface area (Å²) in [6.07, 6.45) is 0. The first-order chi connectivity index (χ1) is 7.47. The zero-order valence-corrected chi connectivity index (χ0v) is 18.1. The van der Waals surface area contributed by atoms with Crippen molar-refractivity contribution in [3.63, 3.8) is 0 Å². The molecule has 1 radical (unpaired) electrons. The fourth-order valence-electron chi connectivity index (χ4n) is 4.17. The molecule has 0 amide bonds. The molecule has 5 atom stereocenters. The molecule has 0 aromatic carbocycles. The number of nitrogens with zero attached hydrogens (tertiary/aromatic N) is 1. The minimum Gasteiger partial charge on any atom is -0.660 e. The van der Waals surface area contributed by atoms with Crippen molar-refractivity contribution in [2.24, 2.45) is 23.7 Å². The molecular weight excluding hydrogens is 294 g/mol. The van der Waals surface area contributed by atoms with Gasteiger partial charge in [0.25, 0.3) is 0 Å². The summed E-state index contributed by atoms with van der Waals surface area (Å²) in [6.45, 7) is 23.2. The van der Waals surface area contributed by atoms with Gasteiger partial charge in [0.2, 0.25) is 0 Å². The van der Waals surface area contributed by atoms with Crippen LogP contribution in [0.4, 0.5) is 0 Å². The Morgan fingerprint density at radius 2 is 1.30 bits per heavy atom. The van der Waals surface area contributed by atoms with E-state index in [9.17, 15) is 0 Å². The molecule has 1 aliphatic rings. The van der Waals surface area contributed by atoms with Crippen molar-refractivity contribution in [1.82, 2.24) is 0 Å². The predicted molar refractivity (Wildman–Crippen MR) is 93.5 cm³/mol. The van der Waals surface area contributed by atoms with Crippen molar-refractivity contribution < 1.29 is 21.7 Å². The van der Waals surface area contributed by atoms with Gasteiger partial charge in [-0.05, 0) is 11.8 Å².